The Hall–Kier alpha value is -2.10. The standard InChI is InChI=1S/C23H34N4O2/c1-19-16-27(15-14-26(19)17-20-8-6-5-7-9-20)23(18-24)10-12-25(13-11-23)21(28)29-22(2,3)4/h5-9,19H,10-17H2,1-4H3/t19-/m0/s1. The molecule has 0 aliphatic carbocycles. The molecule has 1 aromatic carbocycles. The first-order chi connectivity index (χ1) is 13.7. The molecule has 2 aliphatic heterocycles. The van der Waals surface area contributed by atoms with Crippen molar-refractivity contribution in [3.8, 4) is 6.07 Å². The Balaban J connectivity index is 1.57. The highest BCUT2D eigenvalue weighted by atomic mass is 16.6. The maximum atomic E-state index is 12.4. The van der Waals surface area contributed by atoms with Crippen LogP contribution in [0.5, 0.6) is 0 Å². The number of ether oxygens (including phenoxy) is 1. The number of carbonyl (C=O) groups is 1. The highest BCUT2D eigenvalue weighted by molar-refractivity contribution is 5.68. The van der Waals surface area contributed by atoms with E-state index in [-0.39, 0.29) is 6.09 Å². The Morgan fingerprint density at radius 3 is 2.38 bits per heavy atom. The maximum Gasteiger partial charge on any atom is 0.410 e. The van der Waals surface area contributed by atoms with Crippen LogP contribution in [0, 0.1) is 11.3 Å². The Morgan fingerprint density at radius 1 is 1.17 bits per heavy atom. The van der Waals surface area contributed by atoms with Gasteiger partial charge in [0, 0.05) is 45.3 Å². The number of hydrogen-bond donors (Lipinski definition) is 0. The lowest BCUT2D eigenvalue weighted by Crippen LogP contribution is -2.62. The molecule has 29 heavy (non-hydrogen) atoms. The summed E-state index contributed by atoms with van der Waals surface area (Å²) in [6, 6.07) is 13.5. The smallest absolute Gasteiger partial charge is 0.410 e. The largest absolute Gasteiger partial charge is 0.444 e. The van der Waals surface area contributed by atoms with Crippen molar-refractivity contribution in [1.29, 1.82) is 5.26 Å². The molecule has 3 rings (SSSR count). The number of likely N-dealkylation sites (tertiary alicyclic amines) is 1. The lowest BCUT2D eigenvalue weighted by molar-refractivity contribution is -0.0157. The van der Waals surface area contributed by atoms with Gasteiger partial charge >= 0.3 is 6.09 Å². The summed E-state index contributed by atoms with van der Waals surface area (Å²) >= 11 is 0. The lowest BCUT2D eigenvalue weighted by atomic mass is 9.86. The number of benzene rings is 1. The maximum absolute atomic E-state index is 12.4. The van der Waals surface area contributed by atoms with E-state index in [1.807, 2.05) is 26.8 Å². The van der Waals surface area contributed by atoms with E-state index in [4.69, 9.17) is 4.74 Å². The zero-order valence-corrected chi connectivity index (χ0v) is 18.2. The third-order valence-corrected chi connectivity index (χ3v) is 6.05. The lowest BCUT2D eigenvalue weighted by Gasteiger charge is -2.49. The first-order valence-corrected chi connectivity index (χ1v) is 10.6. The van der Waals surface area contributed by atoms with E-state index in [0.717, 1.165) is 26.2 Å². The van der Waals surface area contributed by atoms with E-state index >= 15 is 0 Å². The summed E-state index contributed by atoms with van der Waals surface area (Å²) < 4.78 is 5.50. The average molecular weight is 399 g/mol. The molecule has 1 amide bonds. The van der Waals surface area contributed by atoms with Crippen molar-refractivity contribution in [2.24, 2.45) is 0 Å². The third kappa shape index (κ3) is 5.29. The van der Waals surface area contributed by atoms with Crippen molar-refractivity contribution in [2.75, 3.05) is 32.7 Å². The van der Waals surface area contributed by atoms with Gasteiger partial charge in [-0.1, -0.05) is 30.3 Å². The number of nitriles is 1. The monoisotopic (exact) mass is 398 g/mol. The van der Waals surface area contributed by atoms with Gasteiger partial charge in [0.25, 0.3) is 0 Å². The van der Waals surface area contributed by atoms with Gasteiger partial charge in [0.15, 0.2) is 0 Å². The second-order valence-electron chi connectivity index (χ2n) is 9.36. The topological polar surface area (TPSA) is 59.8 Å². The van der Waals surface area contributed by atoms with Crippen LogP contribution in [-0.4, -0.2) is 70.7 Å². The minimum absolute atomic E-state index is 0.273. The summed E-state index contributed by atoms with van der Waals surface area (Å²) in [6.45, 7) is 12.7. The quantitative estimate of drug-likeness (QED) is 0.780. The molecule has 0 N–H and O–H groups in total. The second kappa shape index (κ2) is 8.73. The van der Waals surface area contributed by atoms with Gasteiger partial charge < -0.3 is 9.64 Å². The van der Waals surface area contributed by atoms with Crippen LogP contribution in [0.25, 0.3) is 0 Å². The predicted molar refractivity (Wildman–Crippen MR) is 113 cm³/mol. The molecule has 0 radical (unpaired) electrons. The molecule has 2 heterocycles. The van der Waals surface area contributed by atoms with E-state index in [1.54, 1.807) is 4.90 Å². The molecule has 1 atom stereocenters. The van der Waals surface area contributed by atoms with Crippen LogP contribution in [0.2, 0.25) is 0 Å². The van der Waals surface area contributed by atoms with Gasteiger partial charge in [-0.05, 0) is 46.1 Å². The normalized spacial score (nSPS) is 23.4. The Morgan fingerprint density at radius 2 is 1.83 bits per heavy atom. The molecular weight excluding hydrogens is 364 g/mol. The highest BCUT2D eigenvalue weighted by Gasteiger charge is 2.44. The minimum Gasteiger partial charge on any atom is -0.444 e. The number of hydrogen-bond acceptors (Lipinski definition) is 5. The van der Waals surface area contributed by atoms with Crippen molar-refractivity contribution in [1.82, 2.24) is 14.7 Å². The van der Waals surface area contributed by atoms with E-state index < -0.39 is 11.1 Å². The SMILES string of the molecule is C[C@H]1CN(C2(C#N)CCN(C(=O)OC(C)(C)C)CC2)CCN1Cc1ccccc1. The van der Waals surface area contributed by atoms with Gasteiger partial charge in [0.05, 0.1) is 6.07 Å². The third-order valence-electron chi connectivity index (χ3n) is 6.05. The minimum atomic E-state index is -0.495. The number of piperazine rings is 1. The average Bonchev–Trinajstić information content (AvgIpc) is 2.69. The van der Waals surface area contributed by atoms with E-state index in [2.05, 4.69) is 47.1 Å². The first-order valence-electron chi connectivity index (χ1n) is 10.6. The molecule has 1 aromatic rings. The number of rotatable bonds is 3. The van der Waals surface area contributed by atoms with Crippen LogP contribution in [-0.2, 0) is 11.3 Å². The van der Waals surface area contributed by atoms with Crippen LogP contribution in [0.4, 0.5) is 4.79 Å². The Bertz CT molecular complexity index is 729. The number of piperidine rings is 1. The van der Waals surface area contributed by atoms with Crippen LogP contribution in [0.3, 0.4) is 0 Å². The fraction of sp³-hybridized carbons (Fsp3) is 0.652. The summed E-state index contributed by atoms with van der Waals surface area (Å²) in [5.74, 6) is 0. The summed E-state index contributed by atoms with van der Waals surface area (Å²) in [4.78, 5) is 19.0. The molecule has 0 aromatic heterocycles. The van der Waals surface area contributed by atoms with E-state index in [1.165, 1.54) is 5.56 Å². The predicted octanol–water partition coefficient (Wildman–Crippen LogP) is 3.49. The number of nitrogens with zero attached hydrogens (tertiary/aromatic N) is 4. The molecule has 6 heteroatoms. The molecule has 0 unspecified atom stereocenters. The highest BCUT2D eigenvalue weighted by Crippen LogP contribution is 2.31. The fourth-order valence-corrected chi connectivity index (χ4v) is 4.32. The van der Waals surface area contributed by atoms with Gasteiger partial charge in [0.2, 0.25) is 0 Å². The van der Waals surface area contributed by atoms with Gasteiger partial charge in [-0.2, -0.15) is 5.26 Å². The van der Waals surface area contributed by atoms with Gasteiger partial charge in [0.1, 0.15) is 11.1 Å². The second-order valence-corrected chi connectivity index (χ2v) is 9.36. The van der Waals surface area contributed by atoms with Crippen molar-refractivity contribution < 1.29 is 9.53 Å². The molecule has 0 spiro atoms. The summed E-state index contributed by atoms with van der Waals surface area (Å²) in [5.41, 5.74) is 0.352. The molecule has 2 aliphatic rings. The Kier molecular flexibility index (Phi) is 6.50. The summed E-state index contributed by atoms with van der Waals surface area (Å²) in [5, 5.41) is 10.1. The Labute approximate surface area is 175 Å². The number of carbonyl (C=O) groups excluding carboxylic acids is 1. The molecular formula is C23H34N4O2. The first kappa shape index (κ1) is 21.6. The zero-order valence-electron chi connectivity index (χ0n) is 18.2. The van der Waals surface area contributed by atoms with Crippen molar-refractivity contribution in [2.45, 2.75) is 64.3 Å². The van der Waals surface area contributed by atoms with Crippen LogP contribution < -0.4 is 0 Å². The molecule has 158 valence electrons. The molecule has 6 nitrogen and oxygen atoms in total. The van der Waals surface area contributed by atoms with Gasteiger partial charge in [-0.3, -0.25) is 9.80 Å². The zero-order chi connectivity index (χ0) is 21.1. The molecule has 0 bridgehead atoms. The van der Waals surface area contributed by atoms with Crippen LogP contribution in [0.1, 0.15) is 46.1 Å². The molecule has 0 saturated carbocycles. The molecule has 2 fully saturated rings. The van der Waals surface area contributed by atoms with Crippen LogP contribution in [0.15, 0.2) is 30.3 Å². The van der Waals surface area contributed by atoms with Crippen molar-refractivity contribution in [3.63, 3.8) is 0 Å². The number of amides is 1. The van der Waals surface area contributed by atoms with Crippen molar-refractivity contribution in [3.05, 3.63) is 35.9 Å². The van der Waals surface area contributed by atoms with Gasteiger partial charge in [-0.25, -0.2) is 4.79 Å². The summed E-state index contributed by atoms with van der Waals surface area (Å²) in [6.07, 6.45) is 1.08. The van der Waals surface area contributed by atoms with Gasteiger partial charge in [-0.15, -0.1) is 0 Å². The molecule has 2 saturated heterocycles. The van der Waals surface area contributed by atoms with E-state index in [9.17, 15) is 10.1 Å². The van der Waals surface area contributed by atoms with E-state index in [0.29, 0.717) is 32.0 Å². The van der Waals surface area contributed by atoms with Crippen LogP contribution >= 0.6 is 0 Å². The summed E-state index contributed by atoms with van der Waals surface area (Å²) in [7, 11) is 0. The van der Waals surface area contributed by atoms with Crippen molar-refractivity contribution >= 4 is 6.09 Å². The fourth-order valence-electron chi connectivity index (χ4n) is 4.32.